The smallest absolute Gasteiger partial charge is 0.217 e. The second kappa shape index (κ2) is 3.56. The Morgan fingerprint density at radius 3 is 2.93 bits per heavy atom. The molecule has 0 atom stereocenters. The lowest BCUT2D eigenvalue weighted by atomic mass is 10.1. The van der Waals surface area contributed by atoms with Crippen molar-refractivity contribution in [3.8, 4) is 0 Å². The van der Waals surface area contributed by atoms with E-state index in [1.807, 2.05) is 0 Å². The minimum atomic E-state index is -0.659. The third-order valence-electron chi connectivity index (χ3n) is 1.85. The number of rotatable bonds is 2. The van der Waals surface area contributed by atoms with Crippen molar-refractivity contribution in [2.75, 3.05) is 0 Å². The van der Waals surface area contributed by atoms with Crippen LogP contribution in [-0.2, 0) is 7.05 Å². The van der Waals surface area contributed by atoms with Gasteiger partial charge in [0.05, 0.1) is 18.0 Å². The van der Waals surface area contributed by atoms with Crippen LogP contribution in [0.2, 0.25) is 0 Å². The van der Waals surface area contributed by atoms with E-state index in [0.29, 0.717) is 0 Å². The molecule has 0 aliphatic heterocycles. The topological polar surface area (TPSA) is 60.7 Å². The molecule has 2 rings (SSSR count). The summed E-state index contributed by atoms with van der Waals surface area (Å²) in [4.78, 5) is 15.3. The molecular formula is C9H7FN4O. The van der Waals surface area contributed by atoms with Gasteiger partial charge >= 0.3 is 0 Å². The van der Waals surface area contributed by atoms with Crippen molar-refractivity contribution in [3.63, 3.8) is 0 Å². The second-order valence-corrected chi connectivity index (χ2v) is 2.96. The lowest BCUT2D eigenvalue weighted by Crippen LogP contribution is -2.05. The Labute approximate surface area is 84.6 Å². The summed E-state index contributed by atoms with van der Waals surface area (Å²) in [7, 11) is 1.63. The summed E-state index contributed by atoms with van der Waals surface area (Å²) in [5.74, 6) is -1.16. The predicted octanol–water partition coefficient (Wildman–Crippen LogP) is 0.580. The normalized spacial score (nSPS) is 10.3. The first-order valence-corrected chi connectivity index (χ1v) is 4.19. The molecule has 0 aliphatic rings. The Morgan fingerprint density at radius 2 is 2.33 bits per heavy atom. The number of nitrogens with zero attached hydrogens (tertiary/aromatic N) is 4. The molecule has 0 aliphatic carbocycles. The fraction of sp³-hybridized carbons (Fsp3) is 0.111. The molecule has 15 heavy (non-hydrogen) atoms. The van der Waals surface area contributed by atoms with E-state index >= 15 is 0 Å². The van der Waals surface area contributed by atoms with Crippen molar-refractivity contribution in [2.24, 2.45) is 7.05 Å². The highest BCUT2D eigenvalue weighted by molar-refractivity contribution is 6.07. The SMILES string of the molecule is Cn1cc(C(=O)c2ccncc2F)nn1. The third-order valence-corrected chi connectivity index (χ3v) is 1.85. The molecule has 0 amide bonds. The first kappa shape index (κ1) is 9.45. The third kappa shape index (κ3) is 1.74. The zero-order valence-electron chi connectivity index (χ0n) is 7.88. The number of carbonyl (C=O) groups excluding carboxylic acids is 1. The number of hydrogen-bond acceptors (Lipinski definition) is 4. The van der Waals surface area contributed by atoms with E-state index in [2.05, 4.69) is 15.3 Å². The van der Waals surface area contributed by atoms with E-state index in [4.69, 9.17) is 0 Å². The summed E-state index contributed by atoms with van der Waals surface area (Å²) in [5, 5.41) is 7.21. The lowest BCUT2D eigenvalue weighted by molar-refractivity contribution is 0.103. The molecule has 6 heteroatoms. The minimum absolute atomic E-state index is 0.0505. The zero-order chi connectivity index (χ0) is 10.8. The van der Waals surface area contributed by atoms with Crippen molar-refractivity contribution < 1.29 is 9.18 Å². The number of aromatic nitrogens is 4. The summed E-state index contributed by atoms with van der Waals surface area (Å²) < 4.78 is 14.6. The Hall–Kier alpha value is -2.11. The van der Waals surface area contributed by atoms with Crippen LogP contribution in [0.15, 0.2) is 24.7 Å². The van der Waals surface area contributed by atoms with Gasteiger partial charge in [0.2, 0.25) is 5.78 Å². The van der Waals surface area contributed by atoms with Gasteiger partial charge in [-0.1, -0.05) is 5.21 Å². The van der Waals surface area contributed by atoms with Gasteiger partial charge in [0.1, 0.15) is 0 Å². The first-order valence-electron chi connectivity index (χ1n) is 4.19. The van der Waals surface area contributed by atoms with Crippen molar-refractivity contribution in [1.82, 2.24) is 20.0 Å². The number of ketones is 1. The quantitative estimate of drug-likeness (QED) is 0.674. The van der Waals surface area contributed by atoms with Crippen molar-refractivity contribution in [3.05, 3.63) is 41.7 Å². The van der Waals surface area contributed by atoms with E-state index in [1.165, 1.54) is 23.1 Å². The largest absolute Gasteiger partial charge is 0.287 e. The molecule has 2 heterocycles. The molecule has 2 aromatic heterocycles. The highest BCUT2D eigenvalue weighted by atomic mass is 19.1. The summed E-state index contributed by atoms with van der Waals surface area (Å²) >= 11 is 0. The molecule has 0 spiro atoms. The van der Waals surface area contributed by atoms with Gasteiger partial charge in [0.25, 0.3) is 0 Å². The van der Waals surface area contributed by atoms with E-state index in [1.54, 1.807) is 7.05 Å². The van der Waals surface area contributed by atoms with Crippen molar-refractivity contribution >= 4 is 5.78 Å². The maximum absolute atomic E-state index is 13.2. The molecule has 0 unspecified atom stereocenters. The Morgan fingerprint density at radius 1 is 1.53 bits per heavy atom. The van der Waals surface area contributed by atoms with Crippen LogP contribution in [0.1, 0.15) is 16.1 Å². The Balaban J connectivity index is 2.41. The van der Waals surface area contributed by atoms with E-state index in [0.717, 1.165) is 6.20 Å². The van der Waals surface area contributed by atoms with Crippen LogP contribution in [0, 0.1) is 5.82 Å². The molecule has 0 bridgehead atoms. The molecule has 5 nitrogen and oxygen atoms in total. The van der Waals surface area contributed by atoms with Crippen LogP contribution in [0.4, 0.5) is 4.39 Å². The molecular weight excluding hydrogens is 199 g/mol. The molecule has 0 saturated heterocycles. The van der Waals surface area contributed by atoms with Gasteiger partial charge in [0.15, 0.2) is 11.5 Å². The van der Waals surface area contributed by atoms with Crippen LogP contribution in [0.5, 0.6) is 0 Å². The average Bonchev–Trinajstić information content (AvgIpc) is 2.65. The predicted molar refractivity (Wildman–Crippen MR) is 48.6 cm³/mol. The second-order valence-electron chi connectivity index (χ2n) is 2.96. The Bertz CT molecular complexity index is 508. The zero-order valence-corrected chi connectivity index (χ0v) is 7.88. The molecule has 0 N–H and O–H groups in total. The number of carbonyl (C=O) groups is 1. The average molecular weight is 206 g/mol. The fourth-order valence-corrected chi connectivity index (χ4v) is 1.15. The molecule has 0 aromatic carbocycles. The molecule has 0 radical (unpaired) electrons. The number of halogens is 1. The highest BCUT2D eigenvalue weighted by Gasteiger charge is 2.16. The summed E-state index contributed by atoms with van der Waals surface area (Å²) in [6.07, 6.45) is 3.78. The van der Waals surface area contributed by atoms with Gasteiger partial charge in [-0.15, -0.1) is 5.10 Å². The monoisotopic (exact) mass is 206 g/mol. The number of aryl methyl sites for hydroxylation is 1. The number of pyridine rings is 1. The summed E-state index contributed by atoms with van der Waals surface area (Å²) in [5.41, 5.74) is 0.0631. The van der Waals surface area contributed by atoms with Crippen molar-refractivity contribution in [1.29, 1.82) is 0 Å². The summed E-state index contributed by atoms with van der Waals surface area (Å²) in [6.45, 7) is 0. The van der Waals surface area contributed by atoms with Crippen LogP contribution in [-0.4, -0.2) is 25.8 Å². The van der Waals surface area contributed by atoms with E-state index < -0.39 is 11.6 Å². The maximum Gasteiger partial charge on any atom is 0.217 e. The van der Waals surface area contributed by atoms with Gasteiger partial charge in [0, 0.05) is 13.2 Å². The van der Waals surface area contributed by atoms with Crippen LogP contribution >= 0.6 is 0 Å². The van der Waals surface area contributed by atoms with Crippen LogP contribution in [0.3, 0.4) is 0 Å². The number of hydrogen-bond donors (Lipinski definition) is 0. The van der Waals surface area contributed by atoms with Gasteiger partial charge in [-0.2, -0.15) is 0 Å². The minimum Gasteiger partial charge on any atom is -0.287 e. The maximum atomic E-state index is 13.2. The fourth-order valence-electron chi connectivity index (χ4n) is 1.15. The van der Waals surface area contributed by atoms with Crippen molar-refractivity contribution in [2.45, 2.75) is 0 Å². The van der Waals surface area contributed by atoms with Gasteiger partial charge in [-0.25, -0.2) is 4.39 Å². The Kier molecular flexibility index (Phi) is 2.24. The van der Waals surface area contributed by atoms with Crippen LogP contribution in [0.25, 0.3) is 0 Å². The van der Waals surface area contributed by atoms with E-state index in [9.17, 15) is 9.18 Å². The highest BCUT2D eigenvalue weighted by Crippen LogP contribution is 2.09. The van der Waals surface area contributed by atoms with Gasteiger partial charge in [-0.05, 0) is 6.07 Å². The molecule has 2 aromatic rings. The molecule has 0 fully saturated rings. The van der Waals surface area contributed by atoms with E-state index in [-0.39, 0.29) is 11.3 Å². The molecule has 0 saturated carbocycles. The van der Waals surface area contributed by atoms with Crippen LogP contribution < -0.4 is 0 Å². The summed E-state index contributed by atoms with van der Waals surface area (Å²) in [6, 6.07) is 1.31. The van der Waals surface area contributed by atoms with Gasteiger partial charge < -0.3 is 0 Å². The standard InChI is InChI=1S/C9H7FN4O/c1-14-5-8(12-13-14)9(15)6-2-3-11-4-7(6)10/h2-5H,1H3. The molecule has 76 valence electrons. The van der Waals surface area contributed by atoms with Gasteiger partial charge in [-0.3, -0.25) is 14.5 Å². The lowest BCUT2D eigenvalue weighted by Gasteiger charge is -1.96. The first-order chi connectivity index (χ1) is 7.18.